The molecule has 0 bridgehead atoms. The predicted molar refractivity (Wildman–Crippen MR) is 102 cm³/mol. The Bertz CT molecular complexity index is 477. The molecule has 1 aliphatic heterocycles. The molecule has 140 valence electrons. The zero-order valence-corrected chi connectivity index (χ0v) is 15.9. The van der Waals surface area contributed by atoms with Crippen molar-refractivity contribution in [1.82, 2.24) is 0 Å². The number of hydrogen-bond donors (Lipinski definition) is 0. The van der Waals surface area contributed by atoms with Crippen LogP contribution in [0.2, 0.25) is 0 Å². The lowest BCUT2D eigenvalue weighted by Gasteiger charge is -2.22. The van der Waals surface area contributed by atoms with Gasteiger partial charge < -0.3 is 14.2 Å². The Morgan fingerprint density at radius 1 is 1.24 bits per heavy atom. The van der Waals surface area contributed by atoms with Gasteiger partial charge in [-0.25, -0.2) is 0 Å². The fourth-order valence-corrected chi connectivity index (χ4v) is 2.93. The molecule has 1 heterocycles. The maximum absolute atomic E-state index is 5.81. The molecule has 1 aromatic carbocycles. The minimum absolute atomic E-state index is 0.0118. The highest BCUT2D eigenvalue weighted by atomic mass is 16.7. The standard InChI is InChI=1S/C22H34O3/c1-19(14-16-23-18-21-11-4-3-5-12-21)9-8-10-20(2)17-25-22-13-6-7-15-24-22/h3-5,10-12,19,22H,6-9,13-18H2,1-2H3. The van der Waals surface area contributed by atoms with Crippen LogP contribution in [0.3, 0.4) is 0 Å². The van der Waals surface area contributed by atoms with Crippen molar-refractivity contribution in [3.8, 4) is 0 Å². The summed E-state index contributed by atoms with van der Waals surface area (Å²) in [5.41, 5.74) is 2.55. The van der Waals surface area contributed by atoms with Crippen LogP contribution in [0.25, 0.3) is 0 Å². The van der Waals surface area contributed by atoms with Gasteiger partial charge in [0.15, 0.2) is 6.29 Å². The first-order chi connectivity index (χ1) is 12.2. The van der Waals surface area contributed by atoms with E-state index in [1.54, 1.807) is 0 Å². The Hall–Kier alpha value is -1.16. The van der Waals surface area contributed by atoms with Crippen molar-refractivity contribution in [3.63, 3.8) is 0 Å². The molecule has 0 spiro atoms. The van der Waals surface area contributed by atoms with E-state index in [-0.39, 0.29) is 6.29 Å². The van der Waals surface area contributed by atoms with Gasteiger partial charge in [0, 0.05) is 13.2 Å². The molecule has 1 aliphatic rings. The van der Waals surface area contributed by atoms with E-state index in [2.05, 4.69) is 44.2 Å². The zero-order valence-electron chi connectivity index (χ0n) is 15.9. The van der Waals surface area contributed by atoms with Gasteiger partial charge in [-0.3, -0.25) is 0 Å². The van der Waals surface area contributed by atoms with Gasteiger partial charge in [-0.15, -0.1) is 0 Å². The molecule has 0 radical (unpaired) electrons. The van der Waals surface area contributed by atoms with Crippen LogP contribution in [0.1, 0.15) is 57.9 Å². The quantitative estimate of drug-likeness (QED) is 0.391. The lowest BCUT2D eigenvalue weighted by atomic mass is 10.0. The largest absolute Gasteiger partial charge is 0.377 e. The molecule has 3 heteroatoms. The molecule has 1 saturated heterocycles. The van der Waals surface area contributed by atoms with Crippen LogP contribution in [0, 0.1) is 5.92 Å². The van der Waals surface area contributed by atoms with Gasteiger partial charge in [0.05, 0.1) is 13.2 Å². The molecular weight excluding hydrogens is 312 g/mol. The maximum Gasteiger partial charge on any atom is 0.158 e. The van der Waals surface area contributed by atoms with Crippen molar-refractivity contribution >= 4 is 0 Å². The zero-order chi connectivity index (χ0) is 17.7. The topological polar surface area (TPSA) is 27.7 Å². The SMILES string of the molecule is CC(=CCCC(C)CCOCc1ccccc1)COC1CCCCO1. The Balaban J connectivity index is 1.49. The van der Waals surface area contributed by atoms with E-state index >= 15 is 0 Å². The van der Waals surface area contributed by atoms with E-state index in [9.17, 15) is 0 Å². The third-order valence-corrected chi connectivity index (χ3v) is 4.65. The third-order valence-electron chi connectivity index (χ3n) is 4.65. The molecule has 2 atom stereocenters. The average molecular weight is 347 g/mol. The van der Waals surface area contributed by atoms with E-state index in [1.165, 1.54) is 30.4 Å². The van der Waals surface area contributed by atoms with Crippen molar-refractivity contribution in [2.24, 2.45) is 5.92 Å². The van der Waals surface area contributed by atoms with E-state index in [4.69, 9.17) is 14.2 Å². The molecule has 0 aromatic heterocycles. The first-order valence-electron chi connectivity index (χ1n) is 9.74. The van der Waals surface area contributed by atoms with E-state index in [0.29, 0.717) is 19.1 Å². The predicted octanol–water partition coefficient (Wildman–Crippen LogP) is 5.50. The number of rotatable bonds is 11. The van der Waals surface area contributed by atoms with Crippen LogP contribution in [0.4, 0.5) is 0 Å². The van der Waals surface area contributed by atoms with E-state index in [0.717, 1.165) is 32.5 Å². The summed E-state index contributed by atoms with van der Waals surface area (Å²) in [6, 6.07) is 10.4. The second kappa shape index (κ2) is 12.2. The number of benzene rings is 1. The fraction of sp³-hybridized carbons (Fsp3) is 0.636. The molecule has 0 amide bonds. The molecule has 3 nitrogen and oxygen atoms in total. The lowest BCUT2D eigenvalue weighted by Crippen LogP contribution is -2.22. The van der Waals surface area contributed by atoms with Gasteiger partial charge in [-0.05, 0) is 56.9 Å². The monoisotopic (exact) mass is 346 g/mol. The lowest BCUT2D eigenvalue weighted by molar-refractivity contribution is -0.156. The molecule has 0 N–H and O–H groups in total. The van der Waals surface area contributed by atoms with Gasteiger partial charge in [0.2, 0.25) is 0 Å². The number of allylic oxidation sites excluding steroid dienone is 1. The average Bonchev–Trinajstić information content (AvgIpc) is 2.65. The summed E-state index contributed by atoms with van der Waals surface area (Å²) in [4.78, 5) is 0. The van der Waals surface area contributed by atoms with Crippen molar-refractivity contribution < 1.29 is 14.2 Å². The minimum Gasteiger partial charge on any atom is -0.377 e. The van der Waals surface area contributed by atoms with Crippen LogP contribution in [0.5, 0.6) is 0 Å². The van der Waals surface area contributed by atoms with Crippen LogP contribution in [-0.2, 0) is 20.8 Å². The third kappa shape index (κ3) is 9.20. The maximum atomic E-state index is 5.81. The summed E-state index contributed by atoms with van der Waals surface area (Å²) in [5.74, 6) is 0.683. The summed E-state index contributed by atoms with van der Waals surface area (Å²) >= 11 is 0. The number of ether oxygens (including phenoxy) is 3. The van der Waals surface area contributed by atoms with Crippen LogP contribution >= 0.6 is 0 Å². The highest BCUT2D eigenvalue weighted by Gasteiger charge is 2.13. The van der Waals surface area contributed by atoms with Gasteiger partial charge >= 0.3 is 0 Å². The van der Waals surface area contributed by atoms with Gasteiger partial charge in [0.25, 0.3) is 0 Å². The molecule has 1 fully saturated rings. The molecule has 25 heavy (non-hydrogen) atoms. The highest BCUT2D eigenvalue weighted by molar-refractivity contribution is 5.13. The van der Waals surface area contributed by atoms with Crippen LogP contribution in [-0.4, -0.2) is 26.1 Å². The molecule has 0 saturated carbocycles. The summed E-state index contributed by atoms with van der Waals surface area (Å²) in [6.07, 6.45) is 9.17. The summed E-state index contributed by atoms with van der Waals surface area (Å²) in [6.45, 7) is 7.54. The Morgan fingerprint density at radius 3 is 2.84 bits per heavy atom. The van der Waals surface area contributed by atoms with Gasteiger partial charge in [-0.1, -0.05) is 48.9 Å². The normalized spacial score (nSPS) is 19.8. The first kappa shape index (κ1) is 20.2. The minimum atomic E-state index is 0.0118. The summed E-state index contributed by atoms with van der Waals surface area (Å²) < 4.78 is 17.2. The molecule has 2 unspecified atom stereocenters. The van der Waals surface area contributed by atoms with Crippen LogP contribution in [0.15, 0.2) is 42.0 Å². The smallest absolute Gasteiger partial charge is 0.158 e. The second-order valence-corrected chi connectivity index (χ2v) is 7.17. The molecular formula is C22H34O3. The van der Waals surface area contributed by atoms with Crippen LogP contribution < -0.4 is 0 Å². The first-order valence-corrected chi connectivity index (χ1v) is 9.74. The molecule has 0 aliphatic carbocycles. The Kier molecular flexibility index (Phi) is 9.86. The molecule has 1 aromatic rings. The summed E-state index contributed by atoms with van der Waals surface area (Å²) in [5, 5.41) is 0. The van der Waals surface area contributed by atoms with Gasteiger partial charge in [-0.2, -0.15) is 0 Å². The Labute approximate surface area is 153 Å². The molecule has 2 rings (SSSR count). The van der Waals surface area contributed by atoms with E-state index < -0.39 is 0 Å². The van der Waals surface area contributed by atoms with Crippen molar-refractivity contribution in [2.75, 3.05) is 19.8 Å². The second-order valence-electron chi connectivity index (χ2n) is 7.17. The van der Waals surface area contributed by atoms with Crippen molar-refractivity contribution in [1.29, 1.82) is 0 Å². The van der Waals surface area contributed by atoms with Crippen molar-refractivity contribution in [2.45, 2.75) is 65.3 Å². The van der Waals surface area contributed by atoms with E-state index in [1.807, 2.05) is 6.07 Å². The summed E-state index contributed by atoms with van der Waals surface area (Å²) in [7, 11) is 0. The van der Waals surface area contributed by atoms with Crippen molar-refractivity contribution in [3.05, 3.63) is 47.5 Å². The fourth-order valence-electron chi connectivity index (χ4n) is 2.93. The number of hydrogen-bond acceptors (Lipinski definition) is 3. The van der Waals surface area contributed by atoms with Gasteiger partial charge in [0.1, 0.15) is 0 Å². The Morgan fingerprint density at radius 2 is 2.08 bits per heavy atom. The highest BCUT2D eigenvalue weighted by Crippen LogP contribution is 2.16.